The molecule has 0 saturated heterocycles. The normalized spacial score (nSPS) is 6.55. The maximum absolute atomic E-state index is 8.56. The monoisotopic (exact) mass is 414 g/mol. The summed E-state index contributed by atoms with van der Waals surface area (Å²) < 4.78 is 51.4. The Morgan fingerprint density at radius 2 is 0.455 bits per heavy atom. The van der Waals surface area contributed by atoms with Crippen LogP contribution in [-0.4, -0.2) is 31.4 Å². The molecule has 0 aliphatic carbocycles. The summed E-state index contributed by atoms with van der Waals surface area (Å²) in [7, 11) is 0. The Balaban J connectivity index is -0.0000000171. The second kappa shape index (κ2) is 22.9. The van der Waals surface area contributed by atoms with Gasteiger partial charge in [0.05, 0.1) is 0 Å². The molecule has 0 amide bonds. The average Bonchev–Trinajstić information content (AvgIpc) is 1.25. The molecule has 0 aromatic heterocycles. The molecule has 0 spiro atoms. The van der Waals surface area contributed by atoms with Crippen molar-refractivity contribution < 1.29 is 75.8 Å². The second-order valence-electron chi connectivity index (χ2n) is 0.447. The fourth-order valence-electron chi connectivity index (χ4n) is 0. The van der Waals surface area contributed by atoms with E-state index in [1.807, 2.05) is 0 Å². The van der Waals surface area contributed by atoms with Crippen LogP contribution in [0, 0.1) is 0 Å². The van der Waals surface area contributed by atoms with E-state index in [4.69, 9.17) is 24.6 Å². The van der Waals surface area contributed by atoms with Gasteiger partial charge in [-0.1, -0.05) is 0 Å². The van der Waals surface area contributed by atoms with Gasteiger partial charge in [0.15, 0.2) is 0 Å². The molecule has 0 aromatic carbocycles. The van der Waals surface area contributed by atoms with Crippen LogP contribution in [0.25, 0.3) is 0 Å². The average molecular weight is 413 g/mol. The number of rotatable bonds is 0. The van der Waals surface area contributed by atoms with Gasteiger partial charge in [0, 0.05) is 0 Å². The van der Waals surface area contributed by atoms with Crippen LogP contribution in [0.15, 0.2) is 0 Å². The van der Waals surface area contributed by atoms with Gasteiger partial charge in [0.1, 0.15) is 0 Å². The SMILES string of the molecule is [Fe+2].[Fe+2].[Fe+2].[O-][As]([O-])[O-].[O-][As]([O-])[O-]. The third kappa shape index (κ3) is 228. The van der Waals surface area contributed by atoms with Crippen molar-refractivity contribution >= 4 is 31.4 Å². The van der Waals surface area contributed by atoms with Crippen molar-refractivity contribution in [2.75, 3.05) is 0 Å². The fraction of sp³-hybridized carbons (Fsp3) is 0. The van der Waals surface area contributed by atoms with E-state index < -0.39 is 31.4 Å². The van der Waals surface area contributed by atoms with Gasteiger partial charge in [-0.25, -0.2) is 0 Å². The molecule has 0 N–H and O–H groups in total. The van der Waals surface area contributed by atoms with Gasteiger partial charge in [-0.3, -0.25) is 0 Å². The molecule has 70 valence electrons. The first-order chi connectivity index (χ1) is 3.46. The summed E-state index contributed by atoms with van der Waals surface area (Å²) in [6.45, 7) is 0. The van der Waals surface area contributed by atoms with Gasteiger partial charge in [-0.15, -0.1) is 0 Å². The molecule has 0 atom stereocenters. The molecule has 0 fully saturated rings. The van der Waals surface area contributed by atoms with E-state index in [2.05, 4.69) is 0 Å². The molecule has 0 saturated carbocycles. The van der Waals surface area contributed by atoms with Crippen LogP contribution in [0.3, 0.4) is 0 Å². The summed E-state index contributed by atoms with van der Waals surface area (Å²) >= 11 is -7.88. The second-order valence-corrected chi connectivity index (χ2v) is 2.32. The first-order valence-corrected chi connectivity index (χ1v) is 5.69. The Morgan fingerprint density at radius 3 is 0.455 bits per heavy atom. The van der Waals surface area contributed by atoms with Crippen LogP contribution in [0.1, 0.15) is 0 Å². The molecular formula is As2Fe3O6. The molecule has 0 radical (unpaired) electrons. The van der Waals surface area contributed by atoms with Gasteiger partial charge in [0.2, 0.25) is 0 Å². The standard InChI is InChI=1S/2AsO3.3Fe/c2*2-1(3)4;;;/q2*-3;3*+2. The molecular weight excluding hydrogens is 413 g/mol. The molecule has 0 aliphatic heterocycles. The minimum atomic E-state index is -3.94. The molecule has 11 heavy (non-hydrogen) atoms. The van der Waals surface area contributed by atoms with Crippen LogP contribution >= 0.6 is 0 Å². The van der Waals surface area contributed by atoms with Crippen molar-refractivity contribution in [3.8, 4) is 0 Å². The third-order valence-corrected chi connectivity index (χ3v) is 0. The van der Waals surface area contributed by atoms with Crippen LogP contribution in [0.5, 0.6) is 0 Å². The van der Waals surface area contributed by atoms with E-state index >= 15 is 0 Å². The Hall–Kier alpha value is 2.44. The van der Waals surface area contributed by atoms with E-state index in [-0.39, 0.29) is 51.2 Å². The van der Waals surface area contributed by atoms with Crippen molar-refractivity contribution in [3.63, 3.8) is 0 Å². The zero-order valence-corrected chi connectivity index (χ0v) is 11.5. The van der Waals surface area contributed by atoms with Gasteiger partial charge < -0.3 is 0 Å². The van der Waals surface area contributed by atoms with Crippen molar-refractivity contribution in [1.82, 2.24) is 0 Å². The zero-order chi connectivity index (χ0) is 7.15. The number of hydrogen-bond donors (Lipinski definition) is 0. The van der Waals surface area contributed by atoms with E-state index in [9.17, 15) is 0 Å². The predicted molar refractivity (Wildman–Crippen MR) is 11.5 cm³/mol. The van der Waals surface area contributed by atoms with Gasteiger partial charge >= 0.3 is 107 Å². The maximum atomic E-state index is 8.56. The van der Waals surface area contributed by atoms with Gasteiger partial charge in [-0.05, 0) is 0 Å². The van der Waals surface area contributed by atoms with Crippen molar-refractivity contribution in [3.05, 3.63) is 0 Å². The molecule has 11 heteroatoms. The molecule has 0 rings (SSSR count). The van der Waals surface area contributed by atoms with Gasteiger partial charge in [-0.2, -0.15) is 0 Å². The van der Waals surface area contributed by atoms with Crippen molar-refractivity contribution in [2.24, 2.45) is 0 Å². The summed E-state index contributed by atoms with van der Waals surface area (Å²) in [6, 6.07) is 0. The third-order valence-electron chi connectivity index (χ3n) is 0. The topological polar surface area (TPSA) is 138 Å². The zero-order valence-electron chi connectivity index (χ0n) is 4.40. The summed E-state index contributed by atoms with van der Waals surface area (Å²) in [5.74, 6) is 0. The van der Waals surface area contributed by atoms with E-state index in [0.717, 1.165) is 0 Å². The van der Waals surface area contributed by atoms with Crippen LogP contribution < -0.4 is 24.6 Å². The van der Waals surface area contributed by atoms with Crippen molar-refractivity contribution in [1.29, 1.82) is 0 Å². The quantitative estimate of drug-likeness (QED) is 0.362. The predicted octanol–water partition coefficient (Wildman–Crippen LogP) is -7.90. The minimum absolute atomic E-state index is 0. The Morgan fingerprint density at radius 1 is 0.455 bits per heavy atom. The molecule has 0 bridgehead atoms. The molecule has 0 unspecified atom stereocenters. The molecule has 0 aromatic rings. The first kappa shape index (κ1) is 29.2. The fourth-order valence-corrected chi connectivity index (χ4v) is 0. The first-order valence-electron chi connectivity index (χ1n) is 1.10. The van der Waals surface area contributed by atoms with E-state index in [0.29, 0.717) is 0 Å². The van der Waals surface area contributed by atoms with Crippen LogP contribution in [0.2, 0.25) is 0 Å². The molecule has 6 nitrogen and oxygen atoms in total. The summed E-state index contributed by atoms with van der Waals surface area (Å²) in [5, 5.41) is 0. The molecule has 0 aliphatic rings. The van der Waals surface area contributed by atoms with Gasteiger partial charge in [0.25, 0.3) is 0 Å². The van der Waals surface area contributed by atoms with Crippen LogP contribution in [-0.2, 0) is 51.2 Å². The van der Waals surface area contributed by atoms with Crippen LogP contribution in [0.4, 0.5) is 0 Å². The summed E-state index contributed by atoms with van der Waals surface area (Å²) in [5.41, 5.74) is 0. The molecule has 0 heterocycles. The Bertz CT molecular complexity index is 31.3. The van der Waals surface area contributed by atoms with E-state index in [1.54, 1.807) is 0 Å². The number of hydrogen-bond acceptors (Lipinski definition) is 6. The van der Waals surface area contributed by atoms with Crippen molar-refractivity contribution in [2.45, 2.75) is 0 Å². The van der Waals surface area contributed by atoms with E-state index in [1.165, 1.54) is 0 Å². The summed E-state index contributed by atoms with van der Waals surface area (Å²) in [6.07, 6.45) is 0. The summed E-state index contributed by atoms with van der Waals surface area (Å²) in [4.78, 5) is 0. The Kier molecular flexibility index (Phi) is 60.7. The Labute approximate surface area is 106 Å².